The molecule has 0 saturated heterocycles. The van der Waals surface area contributed by atoms with Crippen LogP contribution in [0.4, 0.5) is 0 Å². The number of benzene rings is 1. The fraction of sp³-hybridized carbons (Fsp3) is 0.273. The Morgan fingerprint density at radius 3 is 2.73 bits per heavy atom. The van der Waals surface area contributed by atoms with Gasteiger partial charge in [-0.25, -0.2) is 0 Å². The Morgan fingerprint density at radius 1 is 1.33 bits per heavy atom. The van der Waals surface area contributed by atoms with Gasteiger partial charge < -0.3 is 10.3 Å². The Hall–Kier alpha value is -1.68. The van der Waals surface area contributed by atoms with Gasteiger partial charge in [-0.3, -0.25) is 0 Å². The summed E-state index contributed by atoms with van der Waals surface area (Å²) >= 11 is 0. The van der Waals surface area contributed by atoms with Crippen LogP contribution in [0.2, 0.25) is 0 Å². The molecule has 0 spiro atoms. The minimum Gasteiger partial charge on any atom is -0.339 e. The summed E-state index contributed by atoms with van der Waals surface area (Å²) in [4.78, 5) is 4.26. The first kappa shape index (κ1) is 9.86. The molecule has 4 heteroatoms. The van der Waals surface area contributed by atoms with Crippen LogP contribution < -0.4 is 5.73 Å². The molecular formula is C11H13N3O. The lowest BCUT2D eigenvalue weighted by Gasteiger charge is -1.96. The maximum Gasteiger partial charge on any atom is 0.228 e. The van der Waals surface area contributed by atoms with E-state index in [4.69, 9.17) is 10.3 Å². The molecule has 1 aromatic heterocycles. The predicted molar refractivity (Wildman–Crippen MR) is 57.1 cm³/mol. The summed E-state index contributed by atoms with van der Waals surface area (Å²) in [6.07, 6.45) is 0.611. The SMILES string of the molecule is C[C@H](N)Cc1nc(-c2ccccc2)no1. The molecule has 0 aliphatic heterocycles. The van der Waals surface area contributed by atoms with Gasteiger partial charge in [-0.2, -0.15) is 4.98 Å². The molecule has 78 valence electrons. The number of hydrogen-bond donors (Lipinski definition) is 1. The van der Waals surface area contributed by atoms with Crippen molar-refractivity contribution in [2.24, 2.45) is 5.73 Å². The van der Waals surface area contributed by atoms with Gasteiger partial charge in [0.2, 0.25) is 11.7 Å². The molecular weight excluding hydrogens is 190 g/mol. The van der Waals surface area contributed by atoms with Gasteiger partial charge in [0.1, 0.15) is 0 Å². The van der Waals surface area contributed by atoms with Crippen molar-refractivity contribution in [2.45, 2.75) is 19.4 Å². The maximum atomic E-state index is 5.64. The highest BCUT2D eigenvalue weighted by Crippen LogP contribution is 2.14. The number of aromatic nitrogens is 2. The first-order valence-corrected chi connectivity index (χ1v) is 4.89. The molecule has 0 amide bonds. The van der Waals surface area contributed by atoms with Crippen molar-refractivity contribution in [1.82, 2.24) is 10.1 Å². The molecule has 1 heterocycles. The van der Waals surface area contributed by atoms with Crippen LogP contribution in [0.1, 0.15) is 12.8 Å². The Balaban J connectivity index is 2.21. The van der Waals surface area contributed by atoms with E-state index in [2.05, 4.69) is 10.1 Å². The smallest absolute Gasteiger partial charge is 0.228 e. The highest BCUT2D eigenvalue weighted by molar-refractivity contribution is 5.53. The van der Waals surface area contributed by atoms with Gasteiger partial charge in [-0.05, 0) is 6.92 Å². The van der Waals surface area contributed by atoms with Gasteiger partial charge in [-0.1, -0.05) is 35.5 Å². The molecule has 0 aliphatic rings. The molecule has 4 nitrogen and oxygen atoms in total. The van der Waals surface area contributed by atoms with E-state index in [-0.39, 0.29) is 6.04 Å². The molecule has 0 unspecified atom stereocenters. The Labute approximate surface area is 88.1 Å². The molecule has 0 radical (unpaired) electrons. The molecule has 2 aromatic rings. The van der Waals surface area contributed by atoms with E-state index in [1.807, 2.05) is 37.3 Å². The molecule has 2 rings (SSSR count). The summed E-state index contributed by atoms with van der Waals surface area (Å²) in [7, 11) is 0. The van der Waals surface area contributed by atoms with Crippen LogP contribution in [0.5, 0.6) is 0 Å². The molecule has 2 N–H and O–H groups in total. The second kappa shape index (κ2) is 4.23. The fourth-order valence-electron chi connectivity index (χ4n) is 1.32. The van der Waals surface area contributed by atoms with Gasteiger partial charge in [-0.15, -0.1) is 0 Å². The monoisotopic (exact) mass is 203 g/mol. The molecule has 1 aromatic carbocycles. The highest BCUT2D eigenvalue weighted by Gasteiger charge is 2.09. The third kappa shape index (κ3) is 2.41. The number of hydrogen-bond acceptors (Lipinski definition) is 4. The zero-order valence-electron chi connectivity index (χ0n) is 8.55. The molecule has 0 saturated carbocycles. The lowest BCUT2D eigenvalue weighted by atomic mass is 10.2. The van der Waals surface area contributed by atoms with Gasteiger partial charge in [0.15, 0.2) is 0 Å². The number of nitrogens with two attached hydrogens (primary N) is 1. The van der Waals surface area contributed by atoms with E-state index in [0.29, 0.717) is 18.1 Å². The summed E-state index contributed by atoms with van der Waals surface area (Å²) in [6, 6.07) is 9.76. The zero-order chi connectivity index (χ0) is 10.7. The number of nitrogens with zero attached hydrogens (tertiary/aromatic N) is 2. The first-order chi connectivity index (χ1) is 7.25. The first-order valence-electron chi connectivity index (χ1n) is 4.89. The lowest BCUT2D eigenvalue weighted by Crippen LogP contribution is -2.17. The van der Waals surface area contributed by atoms with Crippen molar-refractivity contribution in [2.75, 3.05) is 0 Å². The predicted octanol–water partition coefficient (Wildman–Crippen LogP) is 1.63. The average Bonchev–Trinajstić information content (AvgIpc) is 2.67. The van der Waals surface area contributed by atoms with Gasteiger partial charge in [0.05, 0.1) is 0 Å². The van der Waals surface area contributed by atoms with Crippen LogP contribution in [0, 0.1) is 0 Å². The van der Waals surface area contributed by atoms with Crippen molar-refractivity contribution in [3.05, 3.63) is 36.2 Å². The van der Waals surface area contributed by atoms with E-state index in [9.17, 15) is 0 Å². The Morgan fingerprint density at radius 2 is 2.07 bits per heavy atom. The number of rotatable bonds is 3. The largest absolute Gasteiger partial charge is 0.339 e. The van der Waals surface area contributed by atoms with Crippen molar-refractivity contribution in [3.63, 3.8) is 0 Å². The van der Waals surface area contributed by atoms with Gasteiger partial charge in [0, 0.05) is 18.0 Å². The van der Waals surface area contributed by atoms with Crippen LogP contribution in [0.3, 0.4) is 0 Å². The van der Waals surface area contributed by atoms with Crippen molar-refractivity contribution in [3.8, 4) is 11.4 Å². The zero-order valence-corrected chi connectivity index (χ0v) is 8.55. The van der Waals surface area contributed by atoms with Crippen LogP contribution in [0.15, 0.2) is 34.9 Å². The van der Waals surface area contributed by atoms with E-state index in [1.54, 1.807) is 0 Å². The fourth-order valence-corrected chi connectivity index (χ4v) is 1.32. The van der Waals surface area contributed by atoms with Crippen LogP contribution >= 0.6 is 0 Å². The third-order valence-corrected chi connectivity index (χ3v) is 2.00. The van der Waals surface area contributed by atoms with E-state index in [0.717, 1.165) is 5.56 Å². The molecule has 0 aliphatic carbocycles. The normalized spacial score (nSPS) is 12.7. The summed E-state index contributed by atoms with van der Waals surface area (Å²) in [5.41, 5.74) is 6.60. The minimum absolute atomic E-state index is 0.0362. The van der Waals surface area contributed by atoms with Crippen molar-refractivity contribution >= 4 is 0 Å². The Bertz CT molecular complexity index is 422. The molecule has 1 atom stereocenters. The summed E-state index contributed by atoms with van der Waals surface area (Å²) < 4.78 is 5.09. The molecule has 0 bridgehead atoms. The van der Waals surface area contributed by atoms with Crippen LogP contribution in [-0.4, -0.2) is 16.2 Å². The minimum atomic E-state index is 0.0362. The topological polar surface area (TPSA) is 64.9 Å². The highest BCUT2D eigenvalue weighted by atomic mass is 16.5. The Kier molecular flexibility index (Phi) is 2.78. The second-order valence-corrected chi connectivity index (χ2v) is 3.56. The van der Waals surface area contributed by atoms with Gasteiger partial charge >= 0.3 is 0 Å². The quantitative estimate of drug-likeness (QED) is 0.823. The molecule has 0 fully saturated rings. The third-order valence-electron chi connectivity index (χ3n) is 2.00. The van der Waals surface area contributed by atoms with Crippen molar-refractivity contribution in [1.29, 1.82) is 0 Å². The van der Waals surface area contributed by atoms with Crippen LogP contribution in [0.25, 0.3) is 11.4 Å². The van der Waals surface area contributed by atoms with E-state index >= 15 is 0 Å². The summed E-state index contributed by atoms with van der Waals surface area (Å²) in [6.45, 7) is 1.91. The van der Waals surface area contributed by atoms with Gasteiger partial charge in [0.25, 0.3) is 0 Å². The maximum absolute atomic E-state index is 5.64. The van der Waals surface area contributed by atoms with E-state index < -0.39 is 0 Å². The van der Waals surface area contributed by atoms with Crippen LogP contribution in [-0.2, 0) is 6.42 Å². The standard InChI is InChI=1S/C11H13N3O/c1-8(12)7-10-13-11(14-15-10)9-5-3-2-4-6-9/h2-6,8H,7,12H2,1H3/t8-/m0/s1. The van der Waals surface area contributed by atoms with E-state index in [1.165, 1.54) is 0 Å². The summed E-state index contributed by atoms with van der Waals surface area (Å²) in [5, 5.41) is 3.90. The second-order valence-electron chi connectivity index (χ2n) is 3.56. The average molecular weight is 203 g/mol. The lowest BCUT2D eigenvalue weighted by molar-refractivity contribution is 0.372. The van der Waals surface area contributed by atoms with Crippen molar-refractivity contribution < 1.29 is 4.52 Å². The summed E-state index contributed by atoms with van der Waals surface area (Å²) in [5.74, 6) is 1.20. The molecule has 15 heavy (non-hydrogen) atoms.